The van der Waals surface area contributed by atoms with E-state index in [9.17, 15) is 9.59 Å². The molecule has 1 unspecified atom stereocenters. The second-order valence-corrected chi connectivity index (χ2v) is 3.34. The standard InChI is InChI=1S/C11H16O6/c1-7(10(12)13)5-17-6-9(11(14)15)4-8(2)16-3/h4,8H,1,5-6H2,2-3H3,(H,12,13)(H,14,15). The van der Waals surface area contributed by atoms with Crippen molar-refractivity contribution < 1.29 is 29.3 Å². The number of aliphatic carboxylic acids is 2. The summed E-state index contributed by atoms with van der Waals surface area (Å²) < 4.78 is 9.83. The van der Waals surface area contributed by atoms with E-state index in [-0.39, 0.29) is 30.5 Å². The van der Waals surface area contributed by atoms with Crippen molar-refractivity contribution in [1.29, 1.82) is 0 Å². The van der Waals surface area contributed by atoms with Crippen LogP contribution in [0.5, 0.6) is 0 Å². The molecule has 0 saturated heterocycles. The van der Waals surface area contributed by atoms with Gasteiger partial charge in [0.1, 0.15) is 0 Å². The number of methoxy groups -OCH3 is 1. The molecular formula is C11H16O6. The number of carboxylic acids is 2. The first-order chi connectivity index (χ1) is 7.88. The molecule has 2 N–H and O–H groups in total. The third-order valence-electron chi connectivity index (χ3n) is 1.92. The van der Waals surface area contributed by atoms with Crippen molar-refractivity contribution in [2.45, 2.75) is 13.0 Å². The zero-order chi connectivity index (χ0) is 13.4. The van der Waals surface area contributed by atoms with Crippen LogP contribution in [-0.4, -0.2) is 48.6 Å². The summed E-state index contributed by atoms with van der Waals surface area (Å²) in [6.07, 6.45) is 1.04. The van der Waals surface area contributed by atoms with Crippen LogP contribution in [-0.2, 0) is 19.1 Å². The highest BCUT2D eigenvalue weighted by molar-refractivity contribution is 5.87. The first-order valence-electron chi connectivity index (χ1n) is 4.84. The largest absolute Gasteiger partial charge is 0.478 e. The molecule has 0 aromatic carbocycles. The quantitative estimate of drug-likeness (QED) is 0.610. The zero-order valence-corrected chi connectivity index (χ0v) is 9.80. The monoisotopic (exact) mass is 244 g/mol. The Balaban J connectivity index is 4.30. The van der Waals surface area contributed by atoms with Gasteiger partial charge in [-0.3, -0.25) is 0 Å². The fraction of sp³-hybridized carbons (Fsp3) is 0.455. The first-order valence-corrected chi connectivity index (χ1v) is 4.84. The Morgan fingerprint density at radius 2 is 1.88 bits per heavy atom. The van der Waals surface area contributed by atoms with Gasteiger partial charge >= 0.3 is 11.9 Å². The first kappa shape index (κ1) is 15.3. The van der Waals surface area contributed by atoms with Crippen LogP contribution in [0.3, 0.4) is 0 Å². The summed E-state index contributed by atoms with van der Waals surface area (Å²) >= 11 is 0. The van der Waals surface area contributed by atoms with Crippen LogP contribution in [0.4, 0.5) is 0 Å². The average Bonchev–Trinajstić information content (AvgIpc) is 2.26. The Morgan fingerprint density at radius 1 is 1.29 bits per heavy atom. The molecule has 0 heterocycles. The summed E-state index contributed by atoms with van der Waals surface area (Å²) in [7, 11) is 1.45. The van der Waals surface area contributed by atoms with Gasteiger partial charge in [-0.15, -0.1) is 0 Å². The number of ether oxygens (including phenoxy) is 2. The van der Waals surface area contributed by atoms with E-state index < -0.39 is 11.9 Å². The van der Waals surface area contributed by atoms with Crippen LogP contribution in [0.1, 0.15) is 6.92 Å². The Kier molecular flexibility index (Phi) is 6.85. The van der Waals surface area contributed by atoms with E-state index in [1.165, 1.54) is 13.2 Å². The third kappa shape index (κ3) is 6.49. The van der Waals surface area contributed by atoms with Crippen LogP contribution in [0.25, 0.3) is 0 Å². The lowest BCUT2D eigenvalue weighted by Crippen LogP contribution is -2.14. The Labute approximate surface area is 99.1 Å². The summed E-state index contributed by atoms with van der Waals surface area (Å²) in [5.41, 5.74) is -0.118. The summed E-state index contributed by atoms with van der Waals surface area (Å²) in [5, 5.41) is 17.4. The molecule has 0 bridgehead atoms. The van der Waals surface area contributed by atoms with Gasteiger partial charge in [0.15, 0.2) is 0 Å². The van der Waals surface area contributed by atoms with Crippen LogP contribution in [0, 0.1) is 0 Å². The summed E-state index contributed by atoms with van der Waals surface area (Å²) in [6.45, 7) is 4.52. The number of carbonyl (C=O) groups is 2. The molecule has 17 heavy (non-hydrogen) atoms. The number of carboxylic acid groups (broad SMARTS) is 2. The highest BCUT2D eigenvalue weighted by atomic mass is 16.5. The molecule has 0 amide bonds. The highest BCUT2D eigenvalue weighted by Crippen LogP contribution is 2.02. The maximum absolute atomic E-state index is 10.8. The molecule has 0 radical (unpaired) electrons. The summed E-state index contributed by atoms with van der Waals surface area (Å²) in [5.74, 6) is -2.30. The summed E-state index contributed by atoms with van der Waals surface area (Å²) in [4.78, 5) is 21.2. The van der Waals surface area contributed by atoms with Gasteiger partial charge in [0, 0.05) is 7.11 Å². The molecule has 0 fully saturated rings. The van der Waals surface area contributed by atoms with Gasteiger partial charge in [-0.2, -0.15) is 0 Å². The predicted molar refractivity (Wildman–Crippen MR) is 59.8 cm³/mol. The van der Waals surface area contributed by atoms with Crippen LogP contribution >= 0.6 is 0 Å². The van der Waals surface area contributed by atoms with Gasteiger partial charge in [0.2, 0.25) is 0 Å². The maximum Gasteiger partial charge on any atom is 0.333 e. The van der Waals surface area contributed by atoms with E-state index in [1.807, 2.05) is 0 Å². The molecule has 0 rings (SSSR count). The Hall–Kier alpha value is -1.66. The van der Waals surface area contributed by atoms with Crippen LogP contribution < -0.4 is 0 Å². The third-order valence-corrected chi connectivity index (χ3v) is 1.92. The fourth-order valence-electron chi connectivity index (χ4n) is 0.878. The lowest BCUT2D eigenvalue weighted by molar-refractivity contribution is -0.133. The van der Waals surface area contributed by atoms with E-state index in [4.69, 9.17) is 19.7 Å². The lowest BCUT2D eigenvalue weighted by atomic mass is 10.2. The summed E-state index contributed by atoms with van der Waals surface area (Å²) in [6, 6.07) is 0. The van der Waals surface area contributed by atoms with E-state index in [0.29, 0.717) is 0 Å². The minimum atomic E-state index is -1.17. The average molecular weight is 244 g/mol. The highest BCUT2D eigenvalue weighted by Gasteiger charge is 2.11. The minimum Gasteiger partial charge on any atom is -0.478 e. The molecule has 6 nitrogen and oxygen atoms in total. The van der Waals surface area contributed by atoms with Crippen molar-refractivity contribution in [3.8, 4) is 0 Å². The van der Waals surface area contributed by atoms with Crippen molar-refractivity contribution in [3.05, 3.63) is 23.8 Å². The molecule has 6 heteroatoms. The minimum absolute atomic E-state index is 0.0116. The second-order valence-electron chi connectivity index (χ2n) is 3.34. The Morgan fingerprint density at radius 3 is 2.29 bits per heavy atom. The second kappa shape index (κ2) is 7.59. The van der Waals surface area contributed by atoms with Crippen molar-refractivity contribution >= 4 is 11.9 Å². The molecule has 96 valence electrons. The van der Waals surface area contributed by atoms with Crippen molar-refractivity contribution in [2.75, 3.05) is 20.3 Å². The van der Waals surface area contributed by atoms with Gasteiger partial charge in [-0.1, -0.05) is 6.58 Å². The van der Waals surface area contributed by atoms with E-state index in [1.54, 1.807) is 6.92 Å². The van der Waals surface area contributed by atoms with E-state index in [0.717, 1.165) is 0 Å². The molecular weight excluding hydrogens is 228 g/mol. The molecule has 0 aliphatic heterocycles. The fourth-order valence-corrected chi connectivity index (χ4v) is 0.878. The zero-order valence-electron chi connectivity index (χ0n) is 9.80. The van der Waals surface area contributed by atoms with Gasteiger partial charge < -0.3 is 19.7 Å². The molecule has 0 saturated carbocycles. The normalized spacial score (nSPS) is 13.2. The Bertz CT molecular complexity index is 331. The van der Waals surface area contributed by atoms with E-state index in [2.05, 4.69) is 6.58 Å². The van der Waals surface area contributed by atoms with Gasteiger partial charge in [0.25, 0.3) is 0 Å². The molecule has 0 aromatic heterocycles. The molecule has 0 spiro atoms. The van der Waals surface area contributed by atoms with Gasteiger partial charge in [-0.25, -0.2) is 9.59 Å². The molecule has 0 aromatic rings. The maximum atomic E-state index is 10.8. The van der Waals surface area contributed by atoms with Crippen LogP contribution in [0.15, 0.2) is 23.8 Å². The SMILES string of the molecule is C=C(COCC(=CC(C)OC)C(=O)O)C(=O)O. The van der Waals surface area contributed by atoms with Crippen molar-refractivity contribution in [3.63, 3.8) is 0 Å². The molecule has 1 atom stereocenters. The molecule has 0 aliphatic carbocycles. The van der Waals surface area contributed by atoms with Crippen molar-refractivity contribution in [1.82, 2.24) is 0 Å². The van der Waals surface area contributed by atoms with Gasteiger partial charge in [-0.05, 0) is 13.0 Å². The topological polar surface area (TPSA) is 93.1 Å². The van der Waals surface area contributed by atoms with E-state index >= 15 is 0 Å². The number of hydrogen-bond acceptors (Lipinski definition) is 4. The van der Waals surface area contributed by atoms with Gasteiger partial charge in [0.05, 0.1) is 30.5 Å². The number of rotatable bonds is 8. The smallest absolute Gasteiger partial charge is 0.333 e. The molecule has 0 aliphatic rings. The van der Waals surface area contributed by atoms with Crippen molar-refractivity contribution in [2.24, 2.45) is 0 Å². The lowest BCUT2D eigenvalue weighted by Gasteiger charge is -2.08. The number of hydrogen-bond donors (Lipinski definition) is 2. The van der Waals surface area contributed by atoms with Crippen LogP contribution in [0.2, 0.25) is 0 Å². The predicted octanol–water partition coefficient (Wildman–Crippen LogP) is 0.690.